The van der Waals surface area contributed by atoms with Crippen LogP contribution in [-0.2, 0) is 11.2 Å². The summed E-state index contributed by atoms with van der Waals surface area (Å²) in [6.07, 6.45) is 1.68. The largest absolute Gasteiger partial charge is 0.496 e. The summed E-state index contributed by atoms with van der Waals surface area (Å²) >= 11 is 0. The van der Waals surface area contributed by atoms with Crippen molar-refractivity contribution in [1.82, 2.24) is 29.8 Å². The van der Waals surface area contributed by atoms with Crippen molar-refractivity contribution in [3.8, 4) is 5.75 Å². The Kier molecular flexibility index (Phi) is 5.83. The molecule has 0 atom stereocenters. The Morgan fingerprint density at radius 3 is 2.65 bits per heavy atom. The number of likely N-dealkylation sites (tertiary alicyclic amines) is 1. The lowest BCUT2D eigenvalue weighted by Gasteiger charge is -2.32. The molecule has 1 N–H and O–H groups in total. The van der Waals surface area contributed by atoms with Gasteiger partial charge in [0.25, 0.3) is 11.7 Å². The van der Waals surface area contributed by atoms with E-state index in [9.17, 15) is 9.59 Å². The van der Waals surface area contributed by atoms with Crippen molar-refractivity contribution < 1.29 is 14.3 Å². The molecule has 1 fully saturated rings. The van der Waals surface area contributed by atoms with Crippen LogP contribution >= 0.6 is 0 Å². The lowest BCUT2D eigenvalue weighted by atomic mass is 10.0. The average Bonchev–Trinajstić information content (AvgIpc) is 3.19. The van der Waals surface area contributed by atoms with Crippen LogP contribution < -0.4 is 10.1 Å². The van der Waals surface area contributed by atoms with Crippen LogP contribution in [0.1, 0.15) is 40.4 Å². The fourth-order valence-electron chi connectivity index (χ4n) is 3.91. The number of rotatable bonds is 5. The van der Waals surface area contributed by atoms with Gasteiger partial charge in [-0.15, -0.1) is 5.10 Å². The molecule has 2 amide bonds. The minimum absolute atomic E-state index is 0.0229. The summed E-state index contributed by atoms with van der Waals surface area (Å²) in [6, 6.07) is 9.42. The second-order valence-electron chi connectivity index (χ2n) is 7.80. The van der Waals surface area contributed by atoms with E-state index in [2.05, 4.69) is 20.4 Å². The standard InChI is InChI=1S/C22H26N6O3/c1-14-12-15(2)28-22(23-14)25-20(26-28)21(30)24-17-8-10-27(11-9-17)19(29)13-16-6-4-5-7-18(16)31-3/h4-7,12,17H,8-11,13H2,1-3H3,(H,24,30). The summed E-state index contributed by atoms with van der Waals surface area (Å²) in [5, 5.41) is 7.27. The maximum absolute atomic E-state index is 12.7. The number of carbonyl (C=O) groups excluding carboxylic acids is 2. The van der Waals surface area contributed by atoms with E-state index in [4.69, 9.17) is 4.74 Å². The van der Waals surface area contributed by atoms with Gasteiger partial charge in [0.1, 0.15) is 5.75 Å². The van der Waals surface area contributed by atoms with Gasteiger partial charge < -0.3 is 15.0 Å². The zero-order valence-corrected chi connectivity index (χ0v) is 18.0. The number of aryl methyl sites for hydroxylation is 2. The predicted molar refractivity (Wildman–Crippen MR) is 114 cm³/mol. The zero-order valence-electron chi connectivity index (χ0n) is 18.0. The summed E-state index contributed by atoms with van der Waals surface area (Å²) in [5.74, 6) is 0.989. The maximum Gasteiger partial charge on any atom is 0.291 e. The maximum atomic E-state index is 12.7. The first kappa shape index (κ1) is 20.8. The number of fused-ring (bicyclic) bond motifs is 1. The highest BCUT2D eigenvalue weighted by Crippen LogP contribution is 2.20. The van der Waals surface area contributed by atoms with E-state index in [1.807, 2.05) is 49.1 Å². The van der Waals surface area contributed by atoms with E-state index in [-0.39, 0.29) is 23.7 Å². The van der Waals surface area contributed by atoms with Gasteiger partial charge in [0.15, 0.2) is 0 Å². The molecule has 4 rings (SSSR count). The van der Waals surface area contributed by atoms with Gasteiger partial charge in [-0.2, -0.15) is 4.98 Å². The van der Waals surface area contributed by atoms with Crippen LogP contribution in [0, 0.1) is 13.8 Å². The highest BCUT2D eigenvalue weighted by atomic mass is 16.5. The van der Waals surface area contributed by atoms with Crippen molar-refractivity contribution >= 4 is 17.6 Å². The summed E-state index contributed by atoms with van der Waals surface area (Å²) in [6.45, 7) is 4.97. The summed E-state index contributed by atoms with van der Waals surface area (Å²) in [4.78, 5) is 35.8. The molecular weight excluding hydrogens is 396 g/mol. The molecule has 0 radical (unpaired) electrons. The smallest absolute Gasteiger partial charge is 0.291 e. The Labute approximate surface area is 180 Å². The Hall–Kier alpha value is -3.49. The molecule has 1 aliphatic rings. The first-order valence-corrected chi connectivity index (χ1v) is 10.4. The first-order valence-electron chi connectivity index (χ1n) is 10.4. The topological polar surface area (TPSA) is 102 Å². The lowest BCUT2D eigenvalue weighted by molar-refractivity contribution is -0.131. The van der Waals surface area contributed by atoms with Crippen LogP contribution in [-0.4, -0.2) is 62.5 Å². The minimum atomic E-state index is -0.318. The van der Waals surface area contributed by atoms with Gasteiger partial charge in [-0.25, -0.2) is 9.50 Å². The van der Waals surface area contributed by atoms with Crippen LogP contribution in [0.25, 0.3) is 5.78 Å². The molecule has 1 aromatic carbocycles. The monoisotopic (exact) mass is 422 g/mol. The third-order valence-electron chi connectivity index (χ3n) is 5.54. The number of nitrogens with zero attached hydrogens (tertiary/aromatic N) is 5. The SMILES string of the molecule is COc1ccccc1CC(=O)N1CCC(NC(=O)c2nc3nc(C)cc(C)n3n2)CC1. The second kappa shape index (κ2) is 8.71. The van der Waals surface area contributed by atoms with E-state index < -0.39 is 0 Å². The molecule has 162 valence electrons. The van der Waals surface area contributed by atoms with Crippen LogP contribution in [0.15, 0.2) is 30.3 Å². The molecular formula is C22H26N6O3. The molecule has 0 aliphatic carbocycles. The van der Waals surface area contributed by atoms with Crippen molar-refractivity contribution in [1.29, 1.82) is 0 Å². The third-order valence-corrected chi connectivity index (χ3v) is 5.54. The van der Waals surface area contributed by atoms with Gasteiger partial charge in [0.2, 0.25) is 11.7 Å². The van der Waals surface area contributed by atoms with Crippen LogP contribution in [0.2, 0.25) is 0 Å². The summed E-state index contributed by atoms with van der Waals surface area (Å²) < 4.78 is 6.91. The van der Waals surface area contributed by atoms with Crippen molar-refractivity contribution in [3.63, 3.8) is 0 Å². The molecule has 0 saturated carbocycles. The van der Waals surface area contributed by atoms with Gasteiger partial charge in [0, 0.05) is 36.1 Å². The highest BCUT2D eigenvalue weighted by molar-refractivity contribution is 5.91. The summed E-state index contributed by atoms with van der Waals surface area (Å²) in [7, 11) is 1.61. The summed E-state index contributed by atoms with van der Waals surface area (Å²) in [5.41, 5.74) is 2.58. The molecule has 0 bridgehead atoms. The number of benzene rings is 1. The molecule has 2 aromatic heterocycles. The quantitative estimate of drug-likeness (QED) is 0.672. The van der Waals surface area contributed by atoms with Crippen LogP contribution in [0.5, 0.6) is 5.75 Å². The van der Waals surface area contributed by atoms with Crippen molar-refractivity contribution in [3.05, 3.63) is 53.1 Å². The van der Waals surface area contributed by atoms with Crippen molar-refractivity contribution in [2.75, 3.05) is 20.2 Å². The fraction of sp³-hybridized carbons (Fsp3) is 0.409. The van der Waals surface area contributed by atoms with Gasteiger partial charge >= 0.3 is 0 Å². The van der Waals surface area contributed by atoms with Crippen LogP contribution in [0.4, 0.5) is 0 Å². The number of methoxy groups -OCH3 is 1. The number of carbonyl (C=O) groups is 2. The molecule has 0 unspecified atom stereocenters. The van der Waals surface area contributed by atoms with E-state index in [1.54, 1.807) is 11.6 Å². The molecule has 0 spiro atoms. The number of ether oxygens (including phenoxy) is 1. The third kappa shape index (κ3) is 4.50. The van der Waals surface area contributed by atoms with Gasteiger partial charge in [-0.05, 0) is 38.8 Å². The van der Waals surface area contributed by atoms with Crippen molar-refractivity contribution in [2.45, 2.75) is 39.2 Å². The Balaban J connectivity index is 1.33. The van der Waals surface area contributed by atoms with E-state index in [0.717, 1.165) is 22.7 Å². The molecule has 1 saturated heterocycles. The van der Waals surface area contributed by atoms with E-state index in [1.165, 1.54) is 0 Å². The normalized spacial score (nSPS) is 14.6. The zero-order chi connectivity index (χ0) is 22.0. The number of aromatic nitrogens is 4. The molecule has 31 heavy (non-hydrogen) atoms. The number of para-hydroxylation sites is 1. The van der Waals surface area contributed by atoms with Gasteiger partial charge in [0.05, 0.1) is 13.5 Å². The van der Waals surface area contributed by atoms with E-state index >= 15 is 0 Å². The number of nitrogens with one attached hydrogen (secondary N) is 1. The average molecular weight is 422 g/mol. The Morgan fingerprint density at radius 2 is 1.90 bits per heavy atom. The lowest BCUT2D eigenvalue weighted by Crippen LogP contribution is -2.47. The fourth-order valence-corrected chi connectivity index (χ4v) is 3.91. The first-order chi connectivity index (χ1) is 14.9. The molecule has 3 aromatic rings. The minimum Gasteiger partial charge on any atom is -0.496 e. The predicted octanol–water partition coefficient (Wildman–Crippen LogP) is 1.71. The number of hydrogen-bond acceptors (Lipinski definition) is 6. The van der Waals surface area contributed by atoms with Crippen LogP contribution in [0.3, 0.4) is 0 Å². The molecule has 9 nitrogen and oxygen atoms in total. The number of hydrogen-bond donors (Lipinski definition) is 1. The molecule has 9 heteroatoms. The van der Waals surface area contributed by atoms with Crippen molar-refractivity contribution in [2.24, 2.45) is 0 Å². The molecule has 1 aliphatic heterocycles. The van der Waals surface area contributed by atoms with Gasteiger partial charge in [-0.1, -0.05) is 18.2 Å². The second-order valence-corrected chi connectivity index (χ2v) is 7.80. The molecule has 3 heterocycles. The van der Waals surface area contributed by atoms with Gasteiger partial charge in [-0.3, -0.25) is 9.59 Å². The number of piperidine rings is 1. The highest BCUT2D eigenvalue weighted by Gasteiger charge is 2.26. The Bertz CT molecular complexity index is 1120. The Morgan fingerprint density at radius 1 is 1.16 bits per heavy atom. The number of amides is 2. The van der Waals surface area contributed by atoms with E-state index in [0.29, 0.717) is 38.1 Å².